The molecule has 32 heavy (non-hydrogen) atoms. The van der Waals surface area contributed by atoms with Gasteiger partial charge in [0, 0.05) is 29.6 Å². The Kier molecular flexibility index (Phi) is 6.18. The minimum absolute atomic E-state index is 0.0810. The molecular formula is C25H28N6O. The van der Waals surface area contributed by atoms with E-state index in [2.05, 4.69) is 20.2 Å². The topological polar surface area (TPSA) is 89.1 Å². The fourth-order valence-corrected chi connectivity index (χ4v) is 3.74. The van der Waals surface area contributed by atoms with E-state index in [0.29, 0.717) is 12.1 Å². The number of fused-ring (bicyclic) bond motifs is 1. The van der Waals surface area contributed by atoms with Crippen molar-refractivity contribution in [3.8, 4) is 16.9 Å². The number of anilines is 1. The third kappa shape index (κ3) is 4.63. The molecule has 0 aliphatic heterocycles. The molecule has 164 valence electrons. The number of nitrogens with one attached hydrogen (secondary N) is 1. The zero-order valence-electron chi connectivity index (χ0n) is 18.7. The molecule has 0 aliphatic rings. The average molecular weight is 429 g/mol. The summed E-state index contributed by atoms with van der Waals surface area (Å²) in [7, 11) is 4.04. The number of rotatable bonds is 7. The van der Waals surface area contributed by atoms with Gasteiger partial charge in [0.15, 0.2) is 0 Å². The monoisotopic (exact) mass is 428 g/mol. The number of pyridine rings is 1. The Morgan fingerprint density at radius 3 is 2.66 bits per heavy atom. The van der Waals surface area contributed by atoms with Gasteiger partial charge in [-0.15, -0.1) is 0 Å². The van der Waals surface area contributed by atoms with Crippen LogP contribution >= 0.6 is 0 Å². The maximum Gasteiger partial charge on any atom is 0.251 e. The number of nitrogen functional groups attached to an aromatic ring is 1. The van der Waals surface area contributed by atoms with Crippen molar-refractivity contribution in [1.82, 2.24) is 24.8 Å². The molecule has 0 saturated heterocycles. The van der Waals surface area contributed by atoms with Crippen LogP contribution in [0.3, 0.4) is 0 Å². The molecule has 7 nitrogen and oxygen atoms in total. The van der Waals surface area contributed by atoms with Gasteiger partial charge < -0.3 is 16.0 Å². The molecule has 0 atom stereocenters. The number of aryl methyl sites for hydroxylation is 1. The number of aromatic nitrogens is 3. The Morgan fingerprint density at radius 1 is 1.09 bits per heavy atom. The minimum Gasteiger partial charge on any atom is -0.399 e. The number of benzene rings is 2. The molecule has 0 spiro atoms. The van der Waals surface area contributed by atoms with E-state index >= 15 is 0 Å². The molecule has 0 fully saturated rings. The Bertz CT molecular complexity index is 1240. The van der Waals surface area contributed by atoms with E-state index in [4.69, 9.17) is 5.73 Å². The molecular weight excluding hydrogens is 400 g/mol. The maximum absolute atomic E-state index is 12.5. The van der Waals surface area contributed by atoms with Gasteiger partial charge in [-0.1, -0.05) is 12.1 Å². The van der Waals surface area contributed by atoms with Gasteiger partial charge in [0.05, 0.1) is 11.0 Å². The first-order valence-electron chi connectivity index (χ1n) is 10.7. The lowest BCUT2D eigenvalue weighted by atomic mass is 10.1. The first-order chi connectivity index (χ1) is 15.4. The molecule has 2 aromatic carbocycles. The molecule has 2 heterocycles. The summed E-state index contributed by atoms with van der Waals surface area (Å²) in [5.74, 6) is 1.51. The third-order valence-electron chi connectivity index (χ3n) is 5.35. The van der Waals surface area contributed by atoms with Gasteiger partial charge in [-0.3, -0.25) is 9.36 Å². The molecule has 0 bridgehead atoms. The summed E-state index contributed by atoms with van der Waals surface area (Å²) < 4.78 is 2.00. The van der Waals surface area contributed by atoms with E-state index in [-0.39, 0.29) is 5.91 Å². The molecule has 0 radical (unpaired) electrons. The van der Waals surface area contributed by atoms with E-state index in [1.807, 2.05) is 86.4 Å². The number of nitrogens with two attached hydrogens (primary N) is 1. The summed E-state index contributed by atoms with van der Waals surface area (Å²) in [4.78, 5) is 23.9. The van der Waals surface area contributed by atoms with Crippen LogP contribution in [0.1, 0.15) is 22.6 Å². The first kappa shape index (κ1) is 21.5. The number of hydrogen-bond donors (Lipinski definition) is 2. The van der Waals surface area contributed by atoms with E-state index in [1.54, 1.807) is 0 Å². The summed E-state index contributed by atoms with van der Waals surface area (Å²) in [5, 5.41) is 2.98. The van der Waals surface area contributed by atoms with E-state index in [0.717, 1.165) is 52.5 Å². The Hall–Kier alpha value is -3.71. The highest BCUT2D eigenvalue weighted by atomic mass is 16.1. The summed E-state index contributed by atoms with van der Waals surface area (Å²) in [6, 6.07) is 17.3. The lowest BCUT2D eigenvalue weighted by Gasteiger charge is -2.10. The lowest BCUT2D eigenvalue weighted by Crippen LogP contribution is -2.27. The van der Waals surface area contributed by atoms with E-state index in [1.165, 1.54) is 0 Å². The van der Waals surface area contributed by atoms with Crippen molar-refractivity contribution in [1.29, 1.82) is 0 Å². The van der Waals surface area contributed by atoms with Gasteiger partial charge in [0.1, 0.15) is 11.6 Å². The van der Waals surface area contributed by atoms with Crippen LogP contribution in [0.4, 0.5) is 5.69 Å². The molecule has 1 amide bonds. The van der Waals surface area contributed by atoms with Crippen LogP contribution in [-0.4, -0.2) is 52.5 Å². The number of amides is 1. The van der Waals surface area contributed by atoms with Gasteiger partial charge >= 0.3 is 0 Å². The smallest absolute Gasteiger partial charge is 0.251 e. The quantitative estimate of drug-likeness (QED) is 0.346. The highest BCUT2D eigenvalue weighted by Gasteiger charge is 2.13. The molecule has 0 saturated carbocycles. The summed E-state index contributed by atoms with van der Waals surface area (Å²) in [5.41, 5.74) is 10.9. The Labute approximate surface area is 187 Å². The molecule has 2 aromatic heterocycles. The molecule has 3 N–H and O–H groups in total. The summed E-state index contributed by atoms with van der Waals surface area (Å²) in [6.45, 7) is 3.52. The van der Waals surface area contributed by atoms with Crippen molar-refractivity contribution >= 4 is 22.6 Å². The largest absolute Gasteiger partial charge is 0.399 e. The van der Waals surface area contributed by atoms with Gasteiger partial charge in [-0.05, 0) is 82.0 Å². The zero-order valence-corrected chi connectivity index (χ0v) is 18.7. The van der Waals surface area contributed by atoms with Crippen LogP contribution in [0.2, 0.25) is 0 Å². The number of carbonyl (C=O) groups is 1. The highest BCUT2D eigenvalue weighted by Crippen LogP contribution is 2.25. The van der Waals surface area contributed by atoms with Crippen LogP contribution in [0, 0.1) is 6.92 Å². The standard InChI is InChI=1S/C25H28N6O/c1-17-29-22-15-19(25(32)27-12-5-13-30(2)3)8-10-23(22)31(17)24-11-9-20(16-28-24)18-6-4-7-21(26)14-18/h4,6-11,14-16H,5,12-13,26H2,1-3H3,(H,27,32). The van der Waals surface area contributed by atoms with Crippen molar-refractivity contribution < 1.29 is 4.79 Å². The van der Waals surface area contributed by atoms with Crippen LogP contribution < -0.4 is 11.1 Å². The van der Waals surface area contributed by atoms with Crippen LogP contribution in [0.5, 0.6) is 0 Å². The second kappa shape index (κ2) is 9.20. The average Bonchev–Trinajstić information content (AvgIpc) is 3.11. The van der Waals surface area contributed by atoms with Crippen LogP contribution in [0.25, 0.3) is 28.0 Å². The number of nitrogens with zero attached hydrogens (tertiary/aromatic N) is 4. The van der Waals surface area contributed by atoms with Crippen molar-refractivity contribution in [2.75, 3.05) is 32.9 Å². The maximum atomic E-state index is 12.5. The zero-order chi connectivity index (χ0) is 22.7. The Morgan fingerprint density at radius 2 is 1.94 bits per heavy atom. The summed E-state index contributed by atoms with van der Waals surface area (Å²) >= 11 is 0. The number of carbonyl (C=O) groups excluding carboxylic acids is 1. The molecule has 4 aromatic rings. The predicted molar refractivity (Wildman–Crippen MR) is 129 cm³/mol. The van der Waals surface area contributed by atoms with Gasteiger partial charge in [-0.25, -0.2) is 9.97 Å². The van der Waals surface area contributed by atoms with Crippen molar-refractivity contribution in [3.63, 3.8) is 0 Å². The van der Waals surface area contributed by atoms with Crippen LogP contribution in [0.15, 0.2) is 60.8 Å². The van der Waals surface area contributed by atoms with Crippen molar-refractivity contribution in [3.05, 3.63) is 72.2 Å². The Balaban J connectivity index is 1.56. The SMILES string of the molecule is Cc1nc2cc(C(=O)NCCCN(C)C)ccc2n1-c1ccc(-c2cccc(N)c2)cn1. The molecule has 4 rings (SSSR count). The summed E-state index contributed by atoms with van der Waals surface area (Å²) in [6.07, 6.45) is 2.75. The number of imidazole rings is 1. The first-order valence-corrected chi connectivity index (χ1v) is 10.7. The minimum atomic E-state index is -0.0810. The van der Waals surface area contributed by atoms with E-state index < -0.39 is 0 Å². The molecule has 0 aliphatic carbocycles. The molecule has 7 heteroatoms. The van der Waals surface area contributed by atoms with Crippen molar-refractivity contribution in [2.45, 2.75) is 13.3 Å². The predicted octanol–water partition coefficient (Wildman–Crippen LogP) is 3.66. The third-order valence-corrected chi connectivity index (χ3v) is 5.35. The second-order valence-electron chi connectivity index (χ2n) is 8.14. The van der Waals surface area contributed by atoms with E-state index in [9.17, 15) is 4.79 Å². The second-order valence-corrected chi connectivity index (χ2v) is 8.14. The van der Waals surface area contributed by atoms with Gasteiger partial charge in [0.2, 0.25) is 0 Å². The normalized spacial score (nSPS) is 11.2. The lowest BCUT2D eigenvalue weighted by molar-refractivity contribution is 0.0952. The highest BCUT2D eigenvalue weighted by molar-refractivity contribution is 5.97. The van der Waals surface area contributed by atoms with Crippen molar-refractivity contribution in [2.24, 2.45) is 0 Å². The molecule has 0 unspecified atom stereocenters. The number of hydrogen-bond acceptors (Lipinski definition) is 5. The van der Waals surface area contributed by atoms with Crippen LogP contribution in [-0.2, 0) is 0 Å². The van der Waals surface area contributed by atoms with Gasteiger partial charge in [-0.2, -0.15) is 0 Å². The fraction of sp³-hybridized carbons (Fsp3) is 0.240. The van der Waals surface area contributed by atoms with Gasteiger partial charge in [0.25, 0.3) is 5.91 Å². The fourth-order valence-electron chi connectivity index (χ4n) is 3.74.